The molecule has 0 amide bonds. The third-order valence-electron chi connectivity index (χ3n) is 1.59. The van der Waals surface area contributed by atoms with E-state index in [0.29, 0.717) is 0 Å². The summed E-state index contributed by atoms with van der Waals surface area (Å²) in [4.78, 5) is 0. The van der Waals surface area contributed by atoms with Crippen LogP contribution in [-0.2, 0) is 13.3 Å². The zero-order chi connectivity index (χ0) is 9.61. The van der Waals surface area contributed by atoms with Crippen LogP contribution in [0.2, 0.25) is 6.04 Å². The van der Waals surface area contributed by atoms with Crippen LogP contribution in [0.5, 0.6) is 0 Å². The fourth-order valence-electron chi connectivity index (χ4n) is 1.11. The molecule has 74 valence electrons. The molecule has 0 radical (unpaired) electrons. The van der Waals surface area contributed by atoms with Crippen molar-refractivity contribution in [2.24, 2.45) is 0 Å². The molecule has 0 aliphatic carbocycles. The Balaban J connectivity index is 4.13. The van der Waals surface area contributed by atoms with Gasteiger partial charge in [0.1, 0.15) is 0 Å². The number of rotatable bonds is 6. The number of hydrogen-bond acceptors (Lipinski definition) is 3. The Bertz CT molecular complexity index is 113. The summed E-state index contributed by atoms with van der Waals surface area (Å²) in [6.07, 6.45) is 1.20. The van der Waals surface area contributed by atoms with E-state index in [1.165, 1.54) is 0 Å². The van der Waals surface area contributed by atoms with E-state index in [4.69, 9.17) is 13.3 Å². The molecule has 0 aromatic carbocycles. The van der Waals surface area contributed by atoms with Crippen LogP contribution < -0.4 is 0 Å². The molecule has 4 heteroatoms. The molecule has 0 bridgehead atoms. The predicted molar refractivity (Wildman–Crippen MR) is 51.1 cm³/mol. The molecule has 0 aromatic rings. The average Bonchev–Trinajstić information content (AvgIpc) is 2.03. The summed E-state index contributed by atoms with van der Waals surface area (Å²) in [6.45, 7) is 6.09. The van der Waals surface area contributed by atoms with Crippen molar-refractivity contribution >= 4 is 8.80 Å². The van der Waals surface area contributed by atoms with Crippen molar-refractivity contribution in [3.8, 4) is 0 Å². The van der Waals surface area contributed by atoms with Gasteiger partial charge < -0.3 is 13.3 Å². The molecule has 3 nitrogen and oxygen atoms in total. The first-order valence-corrected chi connectivity index (χ1v) is 6.31. The summed E-state index contributed by atoms with van der Waals surface area (Å²) in [5.41, 5.74) is 0. The van der Waals surface area contributed by atoms with Crippen molar-refractivity contribution < 1.29 is 13.3 Å². The SMILES string of the molecule is CCC[Si](OC)(OC)OC(C)C. The molecule has 0 atom stereocenters. The van der Waals surface area contributed by atoms with Crippen molar-refractivity contribution in [1.82, 2.24) is 0 Å². The largest absolute Gasteiger partial charge is 0.500 e. The molecule has 0 heterocycles. The van der Waals surface area contributed by atoms with Gasteiger partial charge in [0, 0.05) is 26.4 Å². The van der Waals surface area contributed by atoms with Crippen LogP contribution in [0.15, 0.2) is 0 Å². The Hall–Kier alpha value is 0.0969. The highest BCUT2D eigenvalue weighted by molar-refractivity contribution is 6.60. The molecular weight excluding hydrogens is 172 g/mol. The highest BCUT2D eigenvalue weighted by Gasteiger charge is 2.38. The minimum atomic E-state index is -2.31. The highest BCUT2D eigenvalue weighted by atomic mass is 28.4. The van der Waals surface area contributed by atoms with Gasteiger partial charge in [-0.3, -0.25) is 0 Å². The number of hydrogen-bond donors (Lipinski definition) is 0. The predicted octanol–water partition coefficient (Wildman–Crippen LogP) is 2.05. The van der Waals surface area contributed by atoms with Crippen LogP contribution in [0.1, 0.15) is 27.2 Å². The molecule has 0 aliphatic heterocycles. The molecular formula is C8H20O3Si. The Labute approximate surface area is 76.4 Å². The van der Waals surface area contributed by atoms with Crippen molar-refractivity contribution in [2.75, 3.05) is 14.2 Å². The molecule has 0 unspecified atom stereocenters. The molecule has 0 rings (SSSR count). The third-order valence-corrected chi connectivity index (χ3v) is 4.78. The van der Waals surface area contributed by atoms with Gasteiger partial charge in [0.25, 0.3) is 0 Å². The first kappa shape index (κ1) is 12.1. The summed E-state index contributed by atoms with van der Waals surface area (Å²) < 4.78 is 16.3. The Morgan fingerprint density at radius 2 is 1.67 bits per heavy atom. The van der Waals surface area contributed by atoms with Crippen molar-refractivity contribution in [2.45, 2.75) is 39.3 Å². The molecule has 12 heavy (non-hydrogen) atoms. The zero-order valence-corrected chi connectivity index (χ0v) is 9.72. The molecule has 0 spiro atoms. The molecule has 0 saturated heterocycles. The molecule has 0 saturated carbocycles. The third kappa shape index (κ3) is 3.67. The Morgan fingerprint density at radius 1 is 1.17 bits per heavy atom. The van der Waals surface area contributed by atoms with Gasteiger partial charge in [-0.15, -0.1) is 0 Å². The lowest BCUT2D eigenvalue weighted by molar-refractivity contribution is 0.0698. The van der Waals surface area contributed by atoms with Crippen LogP contribution in [-0.4, -0.2) is 29.1 Å². The lowest BCUT2D eigenvalue weighted by Gasteiger charge is -2.27. The molecule has 0 aromatic heterocycles. The van der Waals surface area contributed by atoms with Gasteiger partial charge in [0.15, 0.2) is 0 Å². The maximum Gasteiger partial charge on any atom is 0.500 e. The van der Waals surface area contributed by atoms with E-state index in [0.717, 1.165) is 12.5 Å². The minimum absolute atomic E-state index is 0.170. The van der Waals surface area contributed by atoms with Crippen molar-refractivity contribution in [3.63, 3.8) is 0 Å². The fourth-order valence-corrected chi connectivity index (χ4v) is 3.32. The summed E-state index contributed by atoms with van der Waals surface area (Å²) in [7, 11) is 1.01. The van der Waals surface area contributed by atoms with E-state index < -0.39 is 8.80 Å². The van der Waals surface area contributed by atoms with Gasteiger partial charge in [-0.25, -0.2) is 0 Å². The highest BCUT2D eigenvalue weighted by Crippen LogP contribution is 2.17. The first-order valence-electron chi connectivity index (χ1n) is 4.38. The Kier molecular flexibility index (Phi) is 5.74. The van der Waals surface area contributed by atoms with Crippen molar-refractivity contribution in [1.29, 1.82) is 0 Å². The Morgan fingerprint density at radius 3 is 1.92 bits per heavy atom. The second-order valence-electron chi connectivity index (χ2n) is 3.01. The van der Waals surface area contributed by atoms with E-state index in [9.17, 15) is 0 Å². The van der Waals surface area contributed by atoms with Gasteiger partial charge in [-0.1, -0.05) is 13.3 Å². The van der Waals surface area contributed by atoms with Crippen LogP contribution in [0, 0.1) is 0 Å². The van der Waals surface area contributed by atoms with Crippen LogP contribution in [0.25, 0.3) is 0 Å². The summed E-state index contributed by atoms with van der Waals surface area (Å²) in [5, 5.41) is 0. The smallest absolute Gasteiger partial charge is 0.377 e. The van der Waals surface area contributed by atoms with Crippen LogP contribution in [0.4, 0.5) is 0 Å². The summed E-state index contributed by atoms with van der Waals surface area (Å²) in [6, 6.07) is 0.887. The van der Waals surface area contributed by atoms with Gasteiger partial charge in [-0.2, -0.15) is 0 Å². The van der Waals surface area contributed by atoms with Gasteiger partial charge >= 0.3 is 8.80 Å². The van der Waals surface area contributed by atoms with Crippen LogP contribution >= 0.6 is 0 Å². The summed E-state index contributed by atoms with van der Waals surface area (Å²) in [5.74, 6) is 0. The molecule has 0 aliphatic rings. The maximum atomic E-state index is 5.67. The topological polar surface area (TPSA) is 27.7 Å². The lowest BCUT2D eigenvalue weighted by atomic mass is 10.5. The van der Waals surface area contributed by atoms with E-state index in [1.54, 1.807) is 14.2 Å². The van der Waals surface area contributed by atoms with E-state index in [1.807, 2.05) is 13.8 Å². The van der Waals surface area contributed by atoms with Gasteiger partial charge in [0.2, 0.25) is 0 Å². The molecule has 0 N–H and O–H groups in total. The minimum Gasteiger partial charge on any atom is -0.377 e. The second kappa shape index (κ2) is 5.69. The van der Waals surface area contributed by atoms with Gasteiger partial charge in [0.05, 0.1) is 0 Å². The zero-order valence-electron chi connectivity index (χ0n) is 8.72. The first-order chi connectivity index (χ1) is 5.60. The fraction of sp³-hybridized carbons (Fsp3) is 1.00. The average molecular weight is 192 g/mol. The monoisotopic (exact) mass is 192 g/mol. The van der Waals surface area contributed by atoms with E-state index >= 15 is 0 Å². The van der Waals surface area contributed by atoms with E-state index in [2.05, 4.69) is 6.92 Å². The summed E-state index contributed by atoms with van der Waals surface area (Å²) >= 11 is 0. The second-order valence-corrected chi connectivity index (χ2v) is 5.93. The van der Waals surface area contributed by atoms with E-state index in [-0.39, 0.29) is 6.10 Å². The van der Waals surface area contributed by atoms with Crippen LogP contribution in [0.3, 0.4) is 0 Å². The maximum absolute atomic E-state index is 5.67. The van der Waals surface area contributed by atoms with Crippen molar-refractivity contribution in [3.05, 3.63) is 0 Å². The lowest BCUT2D eigenvalue weighted by Crippen LogP contribution is -2.45. The quantitative estimate of drug-likeness (QED) is 0.603. The molecule has 0 fully saturated rings. The normalized spacial score (nSPS) is 12.5. The standard InChI is InChI=1S/C8H20O3Si/c1-6-7-12(9-4,10-5)11-8(2)3/h8H,6-7H2,1-5H3. The van der Waals surface area contributed by atoms with Gasteiger partial charge in [-0.05, 0) is 13.8 Å².